The zero-order valence-electron chi connectivity index (χ0n) is 14.7. The van der Waals surface area contributed by atoms with Crippen molar-refractivity contribution >= 4 is 40.3 Å². The number of anilines is 2. The smallest absolute Gasteiger partial charge is 0.175 e. The largest absolute Gasteiger partial charge is 0.332 e. The molecule has 0 radical (unpaired) electrons. The fraction of sp³-hybridized carbons (Fsp3) is 0.158. The molecule has 2 N–H and O–H groups in total. The molecule has 3 aromatic rings. The molecule has 8 heteroatoms. The molecule has 3 rings (SSSR count). The van der Waals surface area contributed by atoms with Gasteiger partial charge in [-0.25, -0.2) is 8.78 Å². The molecule has 0 bridgehead atoms. The highest BCUT2D eigenvalue weighted by atomic mass is 35.5. The van der Waals surface area contributed by atoms with Crippen molar-refractivity contribution in [1.29, 1.82) is 0 Å². The van der Waals surface area contributed by atoms with E-state index < -0.39 is 5.82 Å². The monoisotopic (exact) mass is 406 g/mol. The summed E-state index contributed by atoms with van der Waals surface area (Å²) in [6.07, 6.45) is 0. The van der Waals surface area contributed by atoms with E-state index in [1.807, 2.05) is 18.5 Å². The van der Waals surface area contributed by atoms with Gasteiger partial charge in [-0.1, -0.05) is 23.7 Å². The molecule has 0 atom stereocenters. The van der Waals surface area contributed by atoms with Crippen LogP contribution in [0.15, 0.2) is 42.5 Å². The van der Waals surface area contributed by atoms with Gasteiger partial charge in [0.2, 0.25) is 0 Å². The van der Waals surface area contributed by atoms with Crippen molar-refractivity contribution in [3.05, 3.63) is 76.1 Å². The summed E-state index contributed by atoms with van der Waals surface area (Å²) in [6, 6.07) is 10.6. The van der Waals surface area contributed by atoms with Crippen LogP contribution in [0.1, 0.15) is 17.0 Å². The summed E-state index contributed by atoms with van der Waals surface area (Å²) >= 11 is 11.1. The van der Waals surface area contributed by atoms with E-state index >= 15 is 0 Å². The van der Waals surface area contributed by atoms with Crippen LogP contribution < -0.4 is 10.6 Å². The standard InChI is InChI=1S/C19H17ClF2N4S/c1-11-18(24-19(27)23-15-7-8-17(22)16(20)9-15)12(2)26(25-11)10-13-3-5-14(21)6-4-13/h3-9H,10H2,1-2H3,(H2,23,24,27). The van der Waals surface area contributed by atoms with Gasteiger partial charge in [-0.05, 0) is 62.0 Å². The van der Waals surface area contributed by atoms with Crippen LogP contribution in [0.4, 0.5) is 20.2 Å². The van der Waals surface area contributed by atoms with Crippen LogP contribution in [0.5, 0.6) is 0 Å². The van der Waals surface area contributed by atoms with Crippen molar-refractivity contribution in [2.45, 2.75) is 20.4 Å². The second-order valence-electron chi connectivity index (χ2n) is 6.04. The van der Waals surface area contributed by atoms with Gasteiger partial charge in [-0.15, -0.1) is 0 Å². The number of benzene rings is 2. The molecular formula is C19H17ClF2N4S. The predicted molar refractivity (Wildman–Crippen MR) is 108 cm³/mol. The molecule has 27 heavy (non-hydrogen) atoms. The predicted octanol–water partition coefficient (Wildman–Crippen LogP) is 5.29. The summed E-state index contributed by atoms with van der Waals surface area (Å²) in [7, 11) is 0. The first-order valence-corrected chi connectivity index (χ1v) is 8.93. The number of nitrogens with one attached hydrogen (secondary N) is 2. The van der Waals surface area contributed by atoms with E-state index in [9.17, 15) is 8.78 Å². The van der Waals surface area contributed by atoms with Crippen LogP contribution >= 0.6 is 23.8 Å². The number of aromatic nitrogens is 2. The van der Waals surface area contributed by atoms with Crippen molar-refractivity contribution in [1.82, 2.24) is 9.78 Å². The van der Waals surface area contributed by atoms with Gasteiger partial charge in [0.05, 0.1) is 28.6 Å². The van der Waals surface area contributed by atoms with Crippen molar-refractivity contribution < 1.29 is 8.78 Å². The number of nitrogens with zero attached hydrogens (tertiary/aromatic N) is 2. The average Bonchev–Trinajstić information content (AvgIpc) is 2.87. The lowest BCUT2D eigenvalue weighted by Gasteiger charge is -2.12. The van der Waals surface area contributed by atoms with Gasteiger partial charge < -0.3 is 10.6 Å². The van der Waals surface area contributed by atoms with Gasteiger partial charge in [0.15, 0.2) is 5.11 Å². The van der Waals surface area contributed by atoms with Crippen molar-refractivity contribution in [2.75, 3.05) is 10.6 Å². The minimum atomic E-state index is -0.491. The Morgan fingerprint density at radius 2 is 1.81 bits per heavy atom. The lowest BCUT2D eigenvalue weighted by atomic mass is 10.2. The third-order valence-electron chi connectivity index (χ3n) is 4.04. The first-order chi connectivity index (χ1) is 12.8. The van der Waals surface area contributed by atoms with Gasteiger partial charge in [-0.2, -0.15) is 5.10 Å². The van der Waals surface area contributed by atoms with Gasteiger partial charge in [0, 0.05) is 5.69 Å². The molecule has 0 amide bonds. The molecule has 4 nitrogen and oxygen atoms in total. The number of aryl methyl sites for hydroxylation is 1. The van der Waals surface area contributed by atoms with E-state index in [4.69, 9.17) is 23.8 Å². The third-order valence-corrected chi connectivity index (χ3v) is 4.54. The van der Waals surface area contributed by atoms with E-state index in [-0.39, 0.29) is 10.8 Å². The van der Waals surface area contributed by atoms with Crippen molar-refractivity contribution in [3.63, 3.8) is 0 Å². The van der Waals surface area contributed by atoms with Crippen LogP contribution in [0.2, 0.25) is 5.02 Å². The molecular weight excluding hydrogens is 390 g/mol. The summed E-state index contributed by atoms with van der Waals surface area (Å²) in [4.78, 5) is 0. The van der Waals surface area contributed by atoms with Crippen LogP contribution in [0.3, 0.4) is 0 Å². The molecule has 0 saturated heterocycles. The normalized spacial score (nSPS) is 10.7. The second-order valence-corrected chi connectivity index (χ2v) is 6.85. The summed E-state index contributed by atoms with van der Waals surface area (Å²) in [5.74, 6) is -0.762. The molecule has 0 saturated carbocycles. The quantitative estimate of drug-likeness (QED) is 0.578. The van der Waals surface area contributed by atoms with Gasteiger partial charge in [0.1, 0.15) is 11.6 Å². The molecule has 0 spiro atoms. The number of halogens is 3. The zero-order chi connectivity index (χ0) is 19.6. The van der Waals surface area contributed by atoms with Gasteiger partial charge in [0.25, 0.3) is 0 Å². The first-order valence-electron chi connectivity index (χ1n) is 8.15. The number of hydrogen-bond acceptors (Lipinski definition) is 2. The first kappa shape index (κ1) is 19.3. The fourth-order valence-corrected chi connectivity index (χ4v) is 3.04. The summed E-state index contributed by atoms with van der Waals surface area (Å²) in [6.45, 7) is 4.31. The zero-order valence-corrected chi connectivity index (χ0v) is 16.3. The van der Waals surface area contributed by atoms with Crippen LogP contribution in [0, 0.1) is 25.5 Å². The molecule has 2 aromatic carbocycles. The highest BCUT2D eigenvalue weighted by Crippen LogP contribution is 2.22. The third kappa shape index (κ3) is 4.61. The van der Waals surface area contributed by atoms with E-state index in [1.54, 1.807) is 18.2 Å². The molecule has 140 valence electrons. The Hall–Kier alpha value is -2.51. The molecule has 0 aliphatic rings. The van der Waals surface area contributed by atoms with Crippen LogP contribution in [-0.4, -0.2) is 14.9 Å². The lowest BCUT2D eigenvalue weighted by Crippen LogP contribution is -2.20. The van der Waals surface area contributed by atoms with Gasteiger partial charge >= 0.3 is 0 Å². The average molecular weight is 407 g/mol. The Morgan fingerprint density at radius 3 is 2.48 bits per heavy atom. The maximum absolute atomic E-state index is 13.3. The summed E-state index contributed by atoms with van der Waals surface area (Å²) in [5, 5.41) is 11.0. The molecule has 1 heterocycles. The number of rotatable bonds is 4. The van der Waals surface area contributed by atoms with E-state index in [2.05, 4.69) is 15.7 Å². The van der Waals surface area contributed by atoms with Crippen molar-refractivity contribution in [2.24, 2.45) is 0 Å². The second kappa shape index (κ2) is 8.02. The Kier molecular flexibility index (Phi) is 5.72. The molecule has 0 unspecified atom stereocenters. The highest BCUT2D eigenvalue weighted by molar-refractivity contribution is 7.80. The maximum Gasteiger partial charge on any atom is 0.175 e. The highest BCUT2D eigenvalue weighted by Gasteiger charge is 2.13. The van der Waals surface area contributed by atoms with E-state index in [0.29, 0.717) is 17.3 Å². The van der Waals surface area contributed by atoms with E-state index in [0.717, 1.165) is 22.6 Å². The summed E-state index contributed by atoms with van der Waals surface area (Å²) in [5.41, 5.74) is 3.96. The Labute approximate surface area is 166 Å². The molecule has 1 aromatic heterocycles. The Morgan fingerprint density at radius 1 is 1.11 bits per heavy atom. The number of thiocarbonyl (C=S) groups is 1. The maximum atomic E-state index is 13.3. The van der Waals surface area contributed by atoms with Crippen molar-refractivity contribution in [3.8, 4) is 0 Å². The SMILES string of the molecule is Cc1nn(Cc2ccc(F)cc2)c(C)c1NC(=S)Nc1ccc(F)c(Cl)c1. The Balaban J connectivity index is 1.72. The topological polar surface area (TPSA) is 41.9 Å². The van der Waals surface area contributed by atoms with E-state index in [1.165, 1.54) is 24.3 Å². The fourth-order valence-electron chi connectivity index (χ4n) is 2.64. The van der Waals surface area contributed by atoms with Crippen LogP contribution in [0.25, 0.3) is 0 Å². The van der Waals surface area contributed by atoms with Gasteiger partial charge in [-0.3, -0.25) is 4.68 Å². The van der Waals surface area contributed by atoms with Crippen LogP contribution in [-0.2, 0) is 6.54 Å². The lowest BCUT2D eigenvalue weighted by molar-refractivity contribution is 0.622. The Bertz CT molecular complexity index is 986. The number of hydrogen-bond donors (Lipinski definition) is 2. The molecule has 0 aliphatic heterocycles. The molecule has 0 aliphatic carbocycles. The minimum Gasteiger partial charge on any atom is -0.332 e. The summed E-state index contributed by atoms with van der Waals surface area (Å²) < 4.78 is 28.1. The molecule has 0 fully saturated rings. The minimum absolute atomic E-state index is 0.0160.